The van der Waals surface area contributed by atoms with Gasteiger partial charge in [-0.15, -0.1) is 0 Å². The van der Waals surface area contributed by atoms with E-state index in [0.29, 0.717) is 13.2 Å². The fourth-order valence-corrected chi connectivity index (χ4v) is 3.33. The molecule has 1 N–H and O–H groups in total. The zero-order valence-corrected chi connectivity index (χ0v) is 13.1. The number of amides is 1. The van der Waals surface area contributed by atoms with Gasteiger partial charge in [-0.3, -0.25) is 4.79 Å². The van der Waals surface area contributed by atoms with E-state index >= 15 is 0 Å². The summed E-state index contributed by atoms with van der Waals surface area (Å²) in [6.07, 6.45) is 6.36. The van der Waals surface area contributed by atoms with Gasteiger partial charge < -0.3 is 14.6 Å². The van der Waals surface area contributed by atoms with E-state index in [9.17, 15) is 4.79 Å². The Bertz CT molecular complexity index is 693. The second-order valence-corrected chi connectivity index (χ2v) is 6.29. The smallest absolute Gasteiger partial charge is 0.229 e. The monoisotopic (exact) mass is 311 g/mol. The van der Waals surface area contributed by atoms with Crippen LogP contribution in [0.3, 0.4) is 0 Å². The number of nitrogens with one attached hydrogen (secondary N) is 1. The van der Waals surface area contributed by atoms with Crippen LogP contribution < -0.4 is 5.32 Å². The van der Waals surface area contributed by atoms with Crippen LogP contribution in [0.15, 0.2) is 30.5 Å². The Morgan fingerprint density at radius 1 is 1.30 bits per heavy atom. The topological polar surface area (TPSA) is 56.2 Å². The molecule has 1 saturated heterocycles. The number of imidazole rings is 1. The first-order chi connectivity index (χ1) is 11.3. The summed E-state index contributed by atoms with van der Waals surface area (Å²) in [6.45, 7) is 2.23. The fraction of sp³-hybridized carbons (Fsp3) is 0.444. The van der Waals surface area contributed by atoms with Crippen molar-refractivity contribution in [1.29, 1.82) is 0 Å². The molecule has 4 rings (SSSR count). The van der Waals surface area contributed by atoms with Crippen LogP contribution in [0.2, 0.25) is 0 Å². The number of para-hydroxylation sites is 1. The molecule has 0 spiro atoms. The molecule has 1 aromatic carbocycles. The van der Waals surface area contributed by atoms with Crippen molar-refractivity contribution in [3.8, 4) is 11.3 Å². The number of benzene rings is 1. The van der Waals surface area contributed by atoms with Crippen molar-refractivity contribution in [3.05, 3.63) is 36.3 Å². The molecule has 0 aliphatic carbocycles. The van der Waals surface area contributed by atoms with E-state index in [2.05, 4.69) is 16.1 Å². The molecule has 3 heterocycles. The van der Waals surface area contributed by atoms with Crippen LogP contribution in [0.5, 0.6) is 0 Å². The Morgan fingerprint density at radius 2 is 2.22 bits per heavy atom. The molecule has 1 fully saturated rings. The molecule has 23 heavy (non-hydrogen) atoms. The van der Waals surface area contributed by atoms with Gasteiger partial charge in [0, 0.05) is 31.3 Å². The van der Waals surface area contributed by atoms with Crippen molar-refractivity contribution in [3.63, 3.8) is 0 Å². The average Bonchev–Trinajstić information content (AvgIpc) is 3.25. The molecule has 2 aliphatic heterocycles. The Labute approximate surface area is 135 Å². The molecule has 120 valence electrons. The van der Waals surface area contributed by atoms with Crippen molar-refractivity contribution < 1.29 is 9.53 Å². The first-order valence-corrected chi connectivity index (χ1v) is 8.35. The van der Waals surface area contributed by atoms with Crippen LogP contribution in [0.25, 0.3) is 11.3 Å². The zero-order valence-electron chi connectivity index (χ0n) is 13.1. The molecule has 5 heteroatoms. The highest BCUT2D eigenvalue weighted by Crippen LogP contribution is 2.29. The number of rotatable bonds is 3. The molecule has 2 aromatic rings. The standard InChI is InChI=1S/C18H21N3O2/c22-18(13-8-10-23-12-13)20-15-6-2-1-5-14(15)16-11-21-9-4-3-7-17(21)19-16/h1-2,5-6,11,13H,3-4,7-10,12H2,(H,20,22)/t13-/m1/s1. The minimum Gasteiger partial charge on any atom is -0.381 e. The molecule has 0 bridgehead atoms. The number of anilines is 1. The van der Waals surface area contributed by atoms with E-state index in [-0.39, 0.29) is 11.8 Å². The van der Waals surface area contributed by atoms with E-state index in [1.54, 1.807) is 0 Å². The molecule has 0 saturated carbocycles. The molecule has 1 aromatic heterocycles. The molecular formula is C18H21N3O2. The van der Waals surface area contributed by atoms with Crippen molar-refractivity contribution in [1.82, 2.24) is 9.55 Å². The van der Waals surface area contributed by atoms with Crippen LogP contribution in [0.1, 0.15) is 25.1 Å². The maximum atomic E-state index is 12.4. The molecular weight excluding hydrogens is 290 g/mol. The average molecular weight is 311 g/mol. The lowest BCUT2D eigenvalue weighted by Gasteiger charge is -2.12. The van der Waals surface area contributed by atoms with Crippen molar-refractivity contribution in [2.45, 2.75) is 32.2 Å². The first-order valence-electron chi connectivity index (χ1n) is 8.35. The van der Waals surface area contributed by atoms with Crippen LogP contribution >= 0.6 is 0 Å². The Kier molecular flexibility index (Phi) is 3.87. The third-order valence-corrected chi connectivity index (χ3v) is 4.67. The van der Waals surface area contributed by atoms with Crippen molar-refractivity contribution in [2.24, 2.45) is 5.92 Å². The summed E-state index contributed by atoms with van der Waals surface area (Å²) in [4.78, 5) is 17.1. The highest BCUT2D eigenvalue weighted by Gasteiger charge is 2.24. The van der Waals surface area contributed by atoms with Gasteiger partial charge in [-0.2, -0.15) is 0 Å². The lowest BCUT2D eigenvalue weighted by Crippen LogP contribution is -2.23. The Balaban J connectivity index is 1.61. The predicted molar refractivity (Wildman–Crippen MR) is 88.2 cm³/mol. The van der Waals surface area contributed by atoms with E-state index in [1.807, 2.05) is 24.3 Å². The van der Waals surface area contributed by atoms with Crippen LogP contribution in [0.4, 0.5) is 5.69 Å². The van der Waals surface area contributed by atoms with E-state index in [1.165, 1.54) is 12.8 Å². The summed E-state index contributed by atoms with van der Waals surface area (Å²) in [5, 5.41) is 3.06. The number of carbonyl (C=O) groups excluding carboxylic acids is 1. The molecule has 1 amide bonds. The lowest BCUT2D eigenvalue weighted by atomic mass is 10.1. The van der Waals surface area contributed by atoms with E-state index in [4.69, 9.17) is 9.72 Å². The predicted octanol–water partition coefficient (Wildman–Crippen LogP) is 2.86. The zero-order chi connectivity index (χ0) is 15.6. The highest BCUT2D eigenvalue weighted by atomic mass is 16.5. The number of fused-ring (bicyclic) bond motifs is 1. The van der Waals surface area contributed by atoms with Gasteiger partial charge in [-0.05, 0) is 25.3 Å². The summed E-state index contributed by atoms with van der Waals surface area (Å²) in [5.41, 5.74) is 2.77. The molecule has 1 atom stereocenters. The summed E-state index contributed by atoms with van der Waals surface area (Å²) in [5.74, 6) is 1.15. The van der Waals surface area contributed by atoms with Gasteiger partial charge in [-0.25, -0.2) is 4.98 Å². The maximum absolute atomic E-state index is 12.4. The van der Waals surface area contributed by atoms with Gasteiger partial charge in [0.15, 0.2) is 0 Å². The highest BCUT2D eigenvalue weighted by molar-refractivity contribution is 5.96. The number of nitrogens with zero attached hydrogens (tertiary/aromatic N) is 2. The van der Waals surface area contributed by atoms with Gasteiger partial charge in [0.25, 0.3) is 0 Å². The fourth-order valence-electron chi connectivity index (χ4n) is 3.33. The molecule has 5 nitrogen and oxygen atoms in total. The van der Waals surface area contributed by atoms with Gasteiger partial charge >= 0.3 is 0 Å². The van der Waals surface area contributed by atoms with Gasteiger partial charge in [0.1, 0.15) is 5.82 Å². The van der Waals surface area contributed by atoms with Gasteiger partial charge in [0.05, 0.1) is 23.9 Å². The summed E-state index contributed by atoms with van der Waals surface area (Å²) in [7, 11) is 0. The van der Waals surface area contributed by atoms with Crippen LogP contribution in [-0.4, -0.2) is 28.7 Å². The van der Waals surface area contributed by atoms with Gasteiger partial charge in [-0.1, -0.05) is 18.2 Å². The maximum Gasteiger partial charge on any atom is 0.229 e. The second kappa shape index (κ2) is 6.16. The summed E-state index contributed by atoms with van der Waals surface area (Å²) in [6, 6.07) is 7.90. The number of hydrogen-bond acceptors (Lipinski definition) is 3. The largest absolute Gasteiger partial charge is 0.381 e. The quantitative estimate of drug-likeness (QED) is 0.948. The number of ether oxygens (including phenoxy) is 1. The van der Waals surface area contributed by atoms with Gasteiger partial charge in [0.2, 0.25) is 5.91 Å². The lowest BCUT2D eigenvalue weighted by molar-refractivity contribution is -0.119. The van der Waals surface area contributed by atoms with Crippen molar-refractivity contribution in [2.75, 3.05) is 18.5 Å². The van der Waals surface area contributed by atoms with E-state index < -0.39 is 0 Å². The number of carbonyl (C=O) groups is 1. The van der Waals surface area contributed by atoms with Crippen LogP contribution in [-0.2, 0) is 22.5 Å². The minimum absolute atomic E-state index is 0.0407. The number of aromatic nitrogens is 2. The summed E-state index contributed by atoms with van der Waals surface area (Å²) >= 11 is 0. The van der Waals surface area contributed by atoms with Crippen molar-refractivity contribution >= 4 is 11.6 Å². The third kappa shape index (κ3) is 2.88. The third-order valence-electron chi connectivity index (χ3n) is 4.67. The minimum atomic E-state index is -0.0433. The molecule has 0 radical (unpaired) electrons. The van der Waals surface area contributed by atoms with E-state index in [0.717, 1.165) is 42.2 Å². The number of hydrogen-bond donors (Lipinski definition) is 1. The normalized spacial score (nSPS) is 20.3. The summed E-state index contributed by atoms with van der Waals surface area (Å²) < 4.78 is 7.55. The SMILES string of the molecule is O=C(Nc1ccccc1-c1cn2c(n1)CCCC2)[C@@H]1CCOC1. The number of aryl methyl sites for hydroxylation is 2. The van der Waals surface area contributed by atoms with Crippen LogP contribution in [0, 0.1) is 5.92 Å². The molecule has 0 unspecified atom stereocenters. The second-order valence-electron chi connectivity index (χ2n) is 6.29. The Hall–Kier alpha value is -2.14. The molecule has 2 aliphatic rings. The Morgan fingerprint density at radius 3 is 3.04 bits per heavy atom. The first kappa shape index (κ1) is 14.5.